The molecule has 592 valence electrons. The quantitative estimate of drug-likeness (QED) is 0.0169. The van der Waals surface area contributed by atoms with E-state index in [1.54, 1.807) is 0 Å². The van der Waals surface area contributed by atoms with Crippen LogP contribution in [0.2, 0.25) is 0 Å². The molecule has 0 aliphatic carbocycles. The average molecular weight is 1500 g/mol. The molecular weight excluding hydrogens is 1350 g/mol. The molecule has 0 aromatic rings. The molecule has 0 spiro atoms. The number of rotatable bonds is 73. The fraction of sp³-hybridized carbons (Fsp3) is 0.647. The van der Waals surface area contributed by atoms with Crippen LogP contribution in [0.1, 0.15) is 297 Å². The summed E-state index contributed by atoms with van der Waals surface area (Å²) in [5.74, 6) is -2.29. The summed E-state index contributed by atoms with van der Waals surface area (Å²) < 4.78 is 68.5. The number of aliphatic hydroxyl groups excluding tert-OH is 1. The molecule has 0 saturated heterocycles. The normalized spacial score (nSPS) is 14.7. The highest BCUT2D eigenvalue weighted by Gasteiger charge is 2.30. The van der Waals surface area contributed by atoms with Crippen LogP contribution in [-0.4, -0.2) is 96.7 Å². The van der Waals surface area contributed by atoms with E-state index in [4.69, 9.17) is 37.0 Å². The maximum absolute atomic E-state index is 13.1. The van der Waals surface area contributed by atoms with Gasteiger partial charge in [-0.2, -0.15) is 0 Å². The van der Waals surface area contributed by atoms with Crippen molar-refractivity contribution in [2.75, 3.05) is 39.6 Å². The third-order valence-electron chi connectivity index (χ3n) is 15.9. The molecule has 5 atom stereocenters. The van der Waals surface area contributed by atoms with Crippen molar-refractivity contribution in [3.63, 3.8) is 0 Å². The van der Waals surface area contributed by atoms with Crippen molar-refractivity contribution < 1.29 is 80.2 Å². The largest absolute Gasteiger partial charge is 0.472 e. The van der Waals surface area contributed by atoms with Gasteiger partial charge >= 0.3 is 39.5 Å². The number of allylic oxidation sites excluding steroid dienone is 26. The molecule has 0 aliphatic heterocycles. The van der Waals surface area contributed by atoms with Gasteiger partial charge in [0.25, 0.3) is 0 Å². The standard InChI is InChI=1S/C85H140O17P2/c1-5-9-13-17-21-25-29-33-36-38-39-41-44-47-50-54-58-62-66-70-83(88)95-75-80(101-84(89)71-67-63-59-55-51-45-32-28-24-20-16-12-8-4)77-99-103(91,92)97-73-79(86)74-98-104(93,94)100-78-81(102-85(90)72-68-64-60-56-52-48-42-35-31-27-23-19-15-11-7-3)76-96-82(87)69-65-61-57-53-49-46-43-40-37-34-30-26-22-18-14-10-6-2/h10-11,14-16,20-23,25-28,32-37,39,41-43,46,52,56,79-81,86H,5-9,12-13,17-19,24,29-31,38,40,44-45,47-51,53-55,57-78H2,1-4H3,(H,91,92)(H,93,94)/b14-10-,15-11-,20-16-,25-21-,26-22-,27-23-,32-28-,36-33-,37-34-,41-39-,42-35-,46-43-,56-52-. The maximum atomic E-state index is 13.1. The summed E-state index contributed by atoms with van der Waals surface area (Å²) in [4.78, 5) is 73.0. The molecule has 0 fully saturated rings. The van der Waals surface area contributed by atoms with E-state index in [2.05, 4.69) is 186 Å². The molecule has 5 unspecified atom stereocenters. The van der Waals surface area contributed by atoms with Gasteiger partial charge in [0, 0.05) is 25.7 Å². The number of esters is 4. The third kappa shape index (κ3) is 74.9. The highest BCUT2D eigenvalue weighted by molar-refractivity contribution is 7.47. The Balaban J connectivity index is 5.43. The van der Waals surface area contributed by atoms with Gasteiger partial charge in [-0.15, -0.1) is 0 Å². The number of phosphoric ester groups is 2. The second-order valence-electron chi connectivity index (χ2n) is 25.9. The van der Waals surface area contributed by atoms with Gasteiger partial charge in [0.15, 0.2) is 12.2 Å². The van der Waals surface area contributed by atoms with Crippen molar-refractivity contribution in [1.29, 1.82) is 0 Å². The topological polar surface area (TPSA) is 237 Å². The zero-order valence-electron chi connectivity index (χ0n) is 64.6. The van der Waals surface area contributed by atoms with Crippen molar-refractivity contribution >= 4 is 39.5 Å². The van der Waals surface area contributed by atoms with Gasteiger partial charge in [-0.1, -0.05) is 263 Å². The van der Waals surface area contributed by atoms with Crippen molar-refractivity contribution in [3.8, 4) is 0 Å². The van der Waals surface area contributed by atoms with E-state index in [0.29, 0.717) is 32.1 Å². The number of aliphatic hydroxyl groups is 1. The van der Waals surface area contributed by atoms with Crippen LogP contribution < -0.4 is 0 Å². The van der Waals surface area contributed by atoms with Crippen molar-refractivity contribution in [2.45, 2.75) is 316 Å². The van der Waals surface area contributed by atoms with Crippen LogP contribution >= 0.6 is 15.6 Å². The Morgan fingerprint density at radius 2 is 0.519 bits per heavy atom. The minimum atomic E-state index is -5.00. The maximum Gasteiger partial charge on any atom is 0.472 e. The van der Waals surface area contributed by atoms with Crippen LogP contribution in [-0.2, 0) is 65.4 Å². The fourth-order valence-electron chi connectivity index (χ4n) is 9.95. The molecule has 0 rings (SSSR count). The second kappa shape index (κ2) is 75.9. The molecule has 3 N–H and O–H groups in total. The van der Waals surface area contributed by atoms with Gasteiger partial charge in [-0.25, -0.2) is 9.13 Å². The summed E-state index contributed by atoms with van der Waals surface area (Å²) in [6.07, 6.45) is 88.0. The molecule has 0 heterocycles. The number of unbranched alkanes of at least 4 members (excludes halogenated alkanes) is 21. The van der Waals surface area contributed by atoms with Crippen LogP contribution in [0.3, 0.4) is 0 Å². The molecule has 0 radical (unpaired) electrons. The Morgan fingerprint density at radius 1 is 0.279 bits per heavy atom. The molecule has 19 heteroatoms. The number of carbonyl (C=O) groups excluding carboxylic acids is 4. The lowest BCUT2D eigenvalue weighted by Gasteiger charge is -2.21. The Labute approximate surface area is 629 Å². The monoisotopic (exact) mass is 1490 g/mol. The highest BCUT2D eigenvalue weighted by atomic mass is 31.2. The first-order valence-corrected chi connectivity index (χ1v) is 42.7. The van der Waals surface area contributed by atoms with Gasteiger partial charge in [-0.3, -0.25) is 37.3 Å². The molecule has 0 amide bonds. The first kappa shape index (κ1) is 98.7. The molecule has 0 saturated carbocycles. The van der Waals surface area contributed by atoms with E-state index in [-0.39, 0.29) is 25.7 Å². The van der Waals surface area contributed by atoms with Gasteiger partial charge in [0.05, 0.1) is 26.4 Å². The Morgan fingerprint density at radius 3 is 0.827 bits per heavy atom. The predicted octanol–water partition coefficient (Wildman–Crippen LogP) is 23.2. The van der Waals surface area contributed by atoms with E-state index in [9.17, 15) is 43.2 Å². The van der Waals surface area contributed by atoms with Gasteiger partial charge < -0.3 is 33.8 Å². The minimum Gasteiger partial charge on any atom is -0.462 e. The Hall–Kier alpha value is -5.32. The summed E-state index contributed by atoms with van der Waals surface area (Å²) in [6.45, 7) is 4.44. The Bertz CT molecular complexity index is 2590. The van der Waals surface area contributed by atoms with Crippen LogP contribution in [0.25, 0.3) is 0 Å². The molecular formula is C85H140O17P2. The summed E-state index contributed by atoms with van der Waals surface area (Å²) in [5.41, 5.74) is 0. The second-order valence-corrected chi connectivity index (χ2v) is 28.8. The molecule has 0 bridgehead atoms. The number of phosphoric acid groups is 2. The number of ether oxygens (including phenoxy) is 4. The number of hydrogen-bond acceptors (Lipinski definition) is 15. The molecule has 0 aliphatic rings. The van der Waals surface area contributed by atoms with Crippen molar-refractivity contribution in [2.24, 2.45) is 0 Å². The minimum absolute atomic E-state index is 0.0313. The van der Waals surface area contributed by atoms with E-state index >= 15 is 0 Å². The van der Waals surface area contributed by atoms with Gasteiger partial charge in [0.1, 0.15) is 19.3 Å². The first-order valence-electron chi connectivity index (χ1n) is 39.7. The lowest BCUT2D eigenvalue weighted by molar-refractivity contribution is -0.161. The van der Waals surface area contributed by atoms with Gasteiger partial charge in [-0.05, 0) is 167 Å². The van der Waals surface area contributed by atoms with Crippen molar-refractivity contribution in [3.05, 3.63) is 158 Å². The summed E-state index contributed by atoms with van der Waals surface area (Å²) >= 11 is 0. The SMILES string of the molecule is CC/C=C\C/C=C\C/C=C\C/C=C\CCCCCCC(=O)OCC(COP(=O)(O)OCC(O)COP(=O)(O)OCC(COC(=O)CCCCCCCC/C=C\C/C=C\C/C=C\CCCCC)OC(=O)CCCCCCC/C=C\C/C=C\CCC)OC(=O)CCCC/C=C\C/C=C\C/C=C\C/C=C\CC. The van der Waals surface area contributed by atoms with Crippen LogP contribution in [0.5, 0.6) is 0 Å². The summed E-state index contributed by atoms with van der Waals surface area (Å²) in [7, 11) is -10.00. The van der Waals surface area contributed by atoms with E-state index in [1.807, 2.05) is 0 Å². The molecule has 0 aromatic carbocycles. The van der Waals surface area contributed by atoms with E-state index < -0.39 is 97.5 Å². The Kier molecular flexibility index (Phi) is 72.0. The molecule has 104 heavy (non-hydrogen) atoms. The fourth-order valence-corrected chi connectivity index (χ4v) is 11.5. The van der Waals surface area contributed by atoms with Crippen LogP contribution in [0.4, 0.5) is 0 Å². The third-order valence-corrected chi connectivity index (χ3v) is 17.8. The number of hydrogen-bond donors (Lipinski definition) is 3. The molecule has 17 nitrogen and oxygen atoms in total. The highest BCUT2D eigenvalue weighted by Crippen LogP contribution is 2.45. The smallest absolute Gasteiger partial charge is 0.462 e. The van der Waals surface area contributed by atoms with E-state index in [1.165, 1.54) is 19.3 Å². The summed E-state index contributed by atoms with van der Waals surface area (Å²) in [5, 5.41) is 10.6. The molecule has 0 aromatic heterocycles. The summed E-state index contributed by atoms with van der Waals surface area (Å²) in [6, 6.07) is 0. The lowest BCUT2D eigenvalue weighted by atomic mass is 10.1. The lowest BCUT2D eigenvalue weighted by Crippen LogP contribution is -2.30. The average Bonchev–Trinajstić information content (AvgIpc) is 0.939. The first-order chi connectivity index (χ1) is 50.7. The van der Waals surface area contributed by atoms with Crippen LogP contribution in [0, 0.1) is 0 Å². The van der Waals surface area contributed by atoms with Crippen molar-refractivity contribution in [1.82, 2.24) is 0 Å². The van der Waals surface area contributed by atoms with Crippen LogP contribution in [0.15, 0.2) is 158 Å². The van der Waals surface area contributed by atoms with E-state index in [0.717, 1.165) is 193 Å². The zero-order chi connectivity index (χ0) is 76.0. The number of carbonyl (C=O) groups is 4. The van der Waals surface area contributed by atoms with Gasteiger partial charge in [0.2, 0.25) is 0 Å². The predicted molar refractivity (Wildman–Crippen MR) is 427 cm³/mol. The zero-order valence-corrected chi connectivity index (χ0v) is 66.4.